The van der Waals surface area contributed by atoms with Crippen LogP contribution in [0.1, 0.15) is 53.0 Å². The number of ether oxygens (including phenoxy) is 1. The number of carbonyl (C=O) groups is 2. The first-order chi connectivity index (χ1) is 13.5. The van der Waals surface area contributed by atoms with Crippen LogP contribution in [0.5, 0.6) is 5.75 Å². The molecule has 0 aliphatic carbocycles. The molecule has 2 heterocycles. The third kappa shape index (κ3) is 4.68. The predicted octanol–water partition coefficient (Wildman–Crippen LogP) is 3.44. The van der Waals surface area contributed by atoms with E-state index in [2.05, 4.69) is 4.98 Å². The number of nitrogens with zero attached hydrogens (tertiary/aromatic N) is 2. The van der Waals surface area contributed by atoms with E-state index >= 15 is 0 Å². The summed E-state index contributed by atoms with van der Waals surface area (Å²) >= 11 is 0. The Morgan fingerprint density at radius 3 is 2.86 bits per heavy atom. The van der Waals surface area contributed by atoms with Crippen molar-refractivity contribution in [1.29, 1.82) is 0 Å². The number of aryl methyl sites for hydroxylation is 2. The third-order valence-electron chi connectivity index (χ3n) is 5.14. The van der Waals surface area contributed by atoms with Crippen LogP contribution in [-0.4, -0.2) is 46.6 Å². The van der Waals surface area contributed by atoms with Crippen molar-refractivity contribution in [2.24, 2.45) is 0 Å². The lowest BCUT2D eigenvalue weighted by Gasteiger charge is -2.33. The van der Waals surface area contributed by atoms with Crippen molar-refractivity contribution in [3.05, 3.63) is 58.9 Å². The third-order valence-corrected chi connectivity index (χ3v) is 5.14. The first-order valence-corrected chi connectivity index (χ1v) is 9.68. The van der Waals surface area contributed by atoms with Crippen LogP contribution in [0.25, 0.3) is 0 Å². The molecule has 1 saturated heterocycles. The van der Waals surface area contributed by atoms with Crippen LogP contribution in [-0.2, 0) is 11.2 Å². The monoisotopic (exact) mass is 382 g/mol. The van der Waals surface area contributed by atoms with Crippen molar-refractivity contribution >= 4 is 11.9 Å². The molecule has 148 valence electrons. The quantitative estimate of drug-likeness (QED) is 0.828. The van der Waals surface area contributed by atoms with Crippen LogP contribution in [0, 0.1) is 6.92 Å². The second-order valence-corrected chi connectivity index (χ2v) is 7.15. The minimum absolute atomic E-state index is 0.0143. The van der Waals surface area contributed by atoms with Crippen LogP contribution in [0.2, 0.25) is 0 Å². The topological polar surface area (TPSA) is 79.7 Å². The highest BCUT2D eigenvalue weighted by molar-refractivity contribution is 5.87. The number of hydrogen-bond donors (Lipinski definition) is 1. The van der Waals surface area contributed by atoms with E-state index in [9.17, 15) is 14.7 Å². The number of carbonyl (C=O) groups excluding carboxylic acids is 1. The summed E-state index contributed by atoms with van der Waals surface area (Å²) in [7, 11) is 0. The van der Waals surface area contributed by atoms with E-state index in [-0.39, 0.29) is 24.0 Å². The average molecular weight is 382 g/mol. The zero-order valence-electron chi connectivity index (χ0n) is 16.4. The van der Waals surface area contributed by atoms with Gasteiger partial charge in [-0.05, 0) is 56.0 Å². The Morgan fingerprint density at radius 1 is 1.29 bits per heavy atom. The summed E-state index contributed by atoms with van der Waals surface area (Å²) in [4.78, 5) is 30.2. The maximum Gasteiger partial charge on any atom is 0.335 e. The maximum atomic E-state index is 12.7. The summed E-state index contributed by atoms with van der Waals surface area (Å²) in [6, 6.07) is 10.7. The molecular weight excluding hydrogens is 356 g/mol. The van der Waals surface area contributed by atoms with Crippen molar-refractivity contribution in [2.45, 2.75) is 39.0 Å². The van der Waals surface area contributed by atoms with Gasteiger partial charge in [-0.1, -0.05) is 19.1 Å². The summed E-state index contributed by atoms with van der Waals surface area (Å²) in [5, 5.41) is 9.20. The first-order valence-electron chi connectivity index (χ1n) is 9.68. The largest absolute Gasteiger partial charge is 0.482 e. The smallest absolute Gasteiger partial charge is 0.335 e. The average Bonchev–Trinajstić information content (AvgIpc) is 2.72. The second kappa shape index (κ2) is 8.87. The molecule has 0 spiro atoms. The Hall–Kier alpha value is -2.89. The second-order valence-electron chi connectivity index (χ2n) is 7.15. The molecule has 1 amide bonds. The van der Waals surface area contributed by atoms with Gasteiger partial charge in [0.25, 0.3) is 5.91 Å². The number of aromatic carboxylic acids is 1. The fraction of sp³-hybridized carbons (Fsp3) is 0.409. The fourth-order valence-electron chi connectivity index (χ4n) is 3.61. The van der Waals surface area contributed by atoms with E-state index in [0.717, 1.165) is 36.2 Å². The van der Waals surface area contributed by atoms with Gasteiger partial charge in [0.1, 0.15) is 5.75 Å². The molecule has 1 atom stereocenters. The lowest BCUT2D eigenvalue weighted by molar-refractivity contribution is -0.134. The maximum absolute atomic E-state index is 12.7. The van der Waals surface area contributed by atoms with Crippen molar-refractivity contribution in [1.82, 2.24) is 9.88 Å². The molecule has 6 nitrogen and oxygen atoms in total. The van der Waals surface area contributed by atoms with E-state index in [4.69, 9.17) is 4.74 Å². The van der Waals surface area contributed by atoms with Gasteiger partial charge in [-0.25, -0.2) is 4.79 Å². The summed E-state index contributed by atoms with van der Waals surface area (Å²) in [5.41, 5.74) is 3.03. The standard InChI is InChI=1S/C22H26N2O4/c1-3-19-20(10-9-15(2)23-19)28-14-21(25)24-11-5-8-18(13-24)16-6-4-7-17(12-16)22(26)27/h4,6-7,9-10,12,18H,3,5,8,11,13-14H2,1-2H3,(H,26,27). The number of pyridine rings is 1. The summed E-state index contributed by atoms with van der Waals surface area (Å²) in [5.74, 6) is -0.187. The fourth-order valence-corrected chi connectivity index (χ4v) is 3.61. The lowest BCUT2D eigenvalue weighted by atomic mass is 9.89. The summed E-state index contributed by atoms with van der Waals surface area (Å²) < 4.78 is 5.76. The molecule has 1 fully saturated rings. The number of piperidine rings is 1. The van der Waals surface area contributed by atoms with Gasteiger partial charge in [0.05, 0.1) is 11.3 Å². The van der Waals surface area contributed by atoms with Gasteiger partial charge in [0.15, 0.2) is 6.61 Å². The van der Waals surface area contributed by atoms with Crippen LogP contribution in [0.4, 0.5) is 0 Å². The lowest BCUT2D eigenvalue weighted by Crippen LogP contribution is -2.41. The van der Waals surface area contributed by atoms with Gasteiger partial charge in [0, 0.05) is 24.7 Å². The molecule has 0 saturated carbocycles. The Bertz CT molecular complexity index is 865. The van der Waals surface area contributed by atoms with E-state index in [1.54, 1.807) is 18.2 Å². The molecule has 3 rings (SSSR count). The number of rotatable bonds is 6. The first kappa shape index (κ1) is 19.9. The van der Waals surface area contributed by atoms with Gasteiger partial charge in [-0.15, -0.1) is 0 Å². The molecule has 1 N–H and O–H groups in total. The number of benzene rings is 1. The SMILES string of the molecule is CCc1nc(C)ccc1OCC(=O)N1CCCC(c2cccc(C(=O)O)c2)C1. The summed E-state index contributed by atoms with van der Waals surface area (Å²) in [6.07, 6.45) is 2.58. The minimum Gasteiger partial charge on any atom is -0.482 e. The Kier molecular flexibility index (Phi) is 6.29. The van der Waals surface area contributed by atoms with Crippen molar-refractivity contribution in [3.63, 3.8) is 0 Å². The molecule has 1 aliphatic heterocycles. The zero-order chi connectivity index (χ0) is 20.1. The van der Waals surface area contributed by atoms with Crippen LogP contribution < -0.4 is 4.74 Å². The Balaban J connectivity index is 1.63. The van der Waals surface area contributed by atoms with Gasteiger partial charge in [0.2, 0.25) is 0 Å². The number of carboxylic acid groups (broad SMARTS) is 1. The van der Waals surface area contributed by atoms with Crippen LogP contribution >= 0.6 is 0 Å². The molecule has 1 aliphatic rings. The van der Waals surface area contributed by atoms with Gasteiger partial charge < -0.3 is 14.7 Å². The number of aromatic nitrogens is 1. The van der Waals surface area contributed by atoms with Crippen molar-refractivity contribution in [3.8, 4) is 5.75 Å². The van der Waals surface area contributed by atoms with E-state index < -0.39 is 5.97 Å². The number of likely N-dealkylation sites (tertiary alicyclic amines) is 1. The molecule has 2 aromatic rings. The van der Waals surface area contributed by atoms with E-state index in [0.29, 0.717) is 18.8 Å². The van der Waals surface area contributed by atoms with Gasteiger partial charge in [-0.2, -0.15) is 0 Å². The Labute approximate surface area is 165 Å². The highest BCUT2D eigenvalue weighted by atomic mass is 16.5. The molecule has 0 bridgehead atoms. The van der Waals surface area contributed by atoms with Crippen molar-refractivity contribution < 1.29 is 19.4 Å². The summed E-state index contributed by atoms with van der Waals surface area (Å²) in [6.45, 7) is 5.21. The van der Waals surface area contributed by atoms with Gasteiger partial charge in [-0.3, -0.25) is 9.78 Å². The van der Waals surface area contributed by atoms with Crippen LogP contribution in [0.3, 0.4) is 0 Å². The molecule has 1 aromatic heterocycles. The normalized spacial score (nSPS) is 16.6. The highest BCUT2D eigenvalue weighted by Gasteiger charge is 2.25. The highest BCUT2D eigenvalue weighted by Crippen LogP contribution is 2.28. The number of amides is 1. The number of hydrogen-bond acceptors (Lipinski definition) is 4. The molecular formula is C22H26N2O4. The van der Waals surface area contributed by atoms with Crippen LogP contribution in [0.15, 0.2) is 36.4 Å². The predicted molar refractivity (Wildman–Crippen MR) is 106 cm³/mol. The molecule has 1 aromatic carbocycles. The molecule has 0 radical (unpaired) electrons. The molecule has 1 unspecified atom stereocenters. The molecule has 6 heteroatoms. The Morgan fingerprint density at radius 2 is 2.11 bits per heavy atom. The zero-order valence-corrected chi connectivity index (χ0v) is 16.4. The number of carboxylic acids is 1. The van der Waals surface area contributed by atoms with Crippen molar-refractivity contribution in [2.75, 3.05) is 19.7 Å². The van der Waals surface area contributed by atoms with E-state index in [1.807, 2.05) is 36.9 Å². The van der Waals surface area contributed by atoms with E-state index in [1.165, 1.54) is 0 Å². The van der Waals surface area contributed by atoms with Gasteiger partial charge >= 0.3 is 5.97 Å². The molecule has 28 heavy (non-hydrogen) atoms. The minimum atomic E-state index is -0.933.